The van der Waals surface area contributed by atoms with E-state index in [0.717, 1.165) is 44.0 Å². The standard InChI is InChI=1S/C24H31F6N3O3.CO2/c1-17-2-3-18(19(14-17)32-10-12-35-13-11-32)15-31-7-4-22(16-31)5-8-33(9-6-22)21(34)36-20(23(25,26)27)24(28,29)30;2-1-3/h2-3,14,20H,4-13,15-16H2,1H3;. The number of hydrogen-bond donors (Lipinski definition) is 0. The Kier molecular flexibility index (Phi) is 9.89. The van der Waals surface area contributed by atoms with Crippen LogP contribution in [0, 0.1) is 12.3 Å². The van der Waals surface area contributed by atoms with E-state index in [2.05, 4.69) is 39.7 Å². The highest BCUT2D eigenvalue weighted by molar-refractivity contribution is 5.68. The Balaban J connectivity index is 0.00000134. The summed E-state index contributed by atoms with van der Waals surface area (Å²) in [5.41, 5.74) is 3.47. The number of amides is 1. The number of alkyl halides is 6. The van der Waals surface area contributed by atoms with Crippen LogP contribution >= 0.6 is 0 Å². The van der Waals surface area contributed by atoms with Gasteiger partial charge in [0.2, 0.25) is 0 Å². The molecule has 1 spiro atoms. The van der Waals surface area contributed by atoms with E-state index >= 15 is 0 Å². The molecule has 0 aliphatic carbocycles. The van der Waals surface area contributed by atoms with Crippen molar-refractivity contribution < 1.29 is 50.2 Å². The van der Waals surface area contributed by atoms with E-state index in [0.29, 0.717) is 26.1 Å². The van der Waals surface area contributed by atoms with Crippen molar-refractivity contribution in [1.29, 1.82) is 0 Å². The lowest BCUT2D eigenvalue weighted by Crippen LogP contribution is -2.50. The van der Waals surface area contributed by atoms with Crippen LogP contribution in [0.5, 0.6) is 0 Å². The van der Waals surface area contributed by atoms with Crippen molar-refractivity contribution in [2.75, 3.05) is 57.4 Å². The molecule has 4 rings (SSSR count). The van der Waals surface area contributed by atoms with Gasteiger partial charge in [-0.25, -0.2) is 4.79 Å². The number of hydrogen-bond acceptors (Lipinski definition) is 7. The molecule has 0 bridgehead atoms. The Morgan fingerprint density at radius 3 is 2.13 bits per heavy atom. The summed E-state index contributed by atoms with van der Waals surface area (Å²) in [6, 6.07) is 6.41. The van der Waals surface area contributed by atoms with Crippen molar-refractivity contribution in [2.24, 2.45) is 5.41 Å². The fourth-order valence-electron chi connectivity index (χ4n) is 5.38. The van der Waals surface area contributed by atoms with Crippen LogP contribution in [-0.4, -0.2) is 93.0 Å². The first-order chi connectivity index (χ1) is 18.3. The third-order valence-electron chi connectivity index (χ3n) is 7.40. The quantitative estimate of drug-likeness (QED) is 0.506. The van der Waals surface area contributed by atoms with E-state index < -0.39 is 24.5 Å². The zero-order valence-electron chi connectivity index (χ0n) is 21.4. The summed E-state index contributed by atoms with van der Waals surface area (Å²) in [5, 5.41) is 0. The van der Waals surface area contributed by atoms with E-state index in [9.17, 15) is 31.1 Å². The van der Waals surface area contributed by atoms with Gasteiger partial charge >= 0.3 is 24.6 Å². The summed E-state index contributed by atoms with van der Waals surface area (Å²) >= 11 is 0. The summed E-state index contributed by atoms with van der Waals surface area (Å²) < 4.78 is 85.8. The lowest BCUT2D eigenvalue weighted by Gasteiger charge is -2.39. The zero-order valence-corrected chi connectivity index (χ0v) is 21.4. The molecular formula is C25H31F6N3O5. The Bertz CT molecular complexity index is 1000. The number of aryl methyl sites for hydroxylation is 1. The molecule has 3 aliphatic heterocycles. The molecular weight excluding hydrogens is 536 g/mol. The first-order valence-electron chi connectivity index (χ1n) is 12.5. The third kappa shape index (κ3) is 8.09. The smallest absolute Gasteiger partial charge is 0.426 e. The second kappa shape index (κ2) is 12.6. The molecule has 39 heavy (non-hydrogen) atoms. The highest BCUT2D eigenvalue weighted by Gasteiger charge is 2.60. The minimum Gasteiger partial charge on any atom is -0.426 e. The number of rotatable bonds is 4. The van der Waals surface area contributed by atoms with E-state index in [1.165, 1.54) is 16.8 Å². The van der Waals surface area contributed by atoms with Crippen LogP contribution in [0.3, 0.4) is 0 Å². The van der Waals surface area contributed by atoms with Crippen molar-refractivity contribution in [2.45, 2.75) is 51.2 Å². The normalized spacial score (nSPS) is 20.0. The summed E-state index contributed by atoms with van der Waals surface area (Å²) in [6.45, 7) is 7.58. The molecule has 0 radical (unpaired) electrons. The number of carbonyl (C=O) groups excluding carboxylic acids is 3. The maximum atomic E-state index is 12.7. The average Bonchev–Trinajstić information content (AvgIpc) is 3.25. The second-order valence-electron chi connectivity index (χ2n) is 10.1. The maximum absolute atomic E-state index is 12.7. The second-order valence-corrected chi connectivity index (χ2v) is 10.1. The first-order valence-corrected chi connectivity index (χ1v) is 12.5. The Hall–Kier alpha value is -2.83. The number of ether oxygens (including phenoxy) is 2. The molecule has 0 atom stereocenters. The van der Waals surface area contributed by atoms with Crippen molar-refractivity contribution in [3.8, 4) is 0 Å². The molecule has 3 saturated heterocycles. The summed E-state index contributed by atoms with van der Waals surface area (Å²) in [5.74, 6) is 0. The maximum Gasteiger partial charge on any atom is 0.434 e. The number of likely N-dealkylation sites (tertiary alicyclic amines) is 2. The predicted octanol–water partition coefficient (Wildman–Crippen LogP) is 4.17. The average molecular weight is 568 g/mol. The Morgan fingerprint density at radius 1 is 1.00 bits per heavy atom. The fraction of sp³-hybridized carbons (Fsp3) is 0.680. The van der Waals surface area contributed by atoms with Crippen molar-refractivity contribution in [3.05, 3.63) is 29.3 Å². The highest BCUT2D eigenvalue weighted by atomic mass is 19.4. The van der Waals surface area contributed by atoms with Crippen LogP contribution in [0.15, 0.2) is 18.2 Å². The van der Waals surface area contributed by atoms with Gasteiger partial charge in [0.15, 0.2) is 0 Å². The van der Waals surface area contributed by atoms with Gasteiger partial charge in [0.05, 0.1) is 13.2 Å². The largest absolute Gasteiger partial charge is 0.434 e. The van der Waals surface area contributed by atoms with Gasteiger partial charge in [0, 0.05) is 45.0 Å². The lowest BCUT2D eigenvalue weighted by atomic mass is 9.78. The van der Waals surface area contributed by atoms with Gasteiger partial charge in [-0.2, -0.15) is 35.9 Å². The summed E-state index contributed by atoms with van der Waals surface area (Å²) in [7, 11) is 0. The molecule has 8 nitrogen and oxygen atoms in total. The number of piperidine rings is 1. The molecule has 3 fully saturated rings. The number of nitrogens with zero attached hydrogens (tertiary/aromatic N) is 3. The van der Waals surface area contributed by atoms with Gasteiger partial charge in [-0.3, -0.25) is 4.90 Å². The van der Waals surface area contributed by atoms with Crippen LogP contribution < -0.4 is 4.90 Å². The number of morpholine rings is 1. The molecule has 1 aromatic rings. The van der Waals surface area contributed by atoms with Gasteiger partial charge in [-0.05, 0) is 55.3 Å². The van der Waals surface area contributed by atoms with Crippen molar-refractivity contribution in [3.63, 3.8) is 0 Å². The Morgan fingerprint density at radius 2 is 1.56 bits per heavy atom. The van der Waals surface area contributed by atoms with Crippen molar-refractivity contribution in [1.82, 2.24) is 9.80 Å². The molecule has 1 aromatic carbocycles. The molecule has 0 aromatic heterocycles. The van der Waals surface area contributed by atoms with E-state index in [4.69, 9.17) is 14.3 Å². The van der Waals surface area contributed by atoms with Crippen LogP contribution in [0.25, 0.3) is 0 Å². The number of carbonyl (C=O) groups is 1. The molecule has 0 unspecified atom stereocenters. The molecule has 1 amide bonds. The van der Waals surface area contributed by atoms with Gasteiger partial charge in [0.1, 0.15) is 0 Å². The van der Waals surface area contributed by atoms with Crippen LogP contribution in [0.1, 0.15) is 30.4 Å². The zero-order chi connectivity index (χ0) is 28.8. The van der Waals surface area contributed by atoms with Crippen LogP contribution in [-0.2, 0) is 25.6 Å². The summed E-state index contributed by atoms with van der Waals surface area (Å²) in [4.78, 5) is 34.0. The molecule has 0 N–H and O–H groups in total. The monoisotopic (exact) mass is 567 g/mol. The molecule has 218 valence electrons. The van der Waals surface area contributed by atoms with E-state index in [1.807, 2.05) is 0 Å². The molecule has 3 aliphatic rings. The van der Waals surface area contributed by atoms with Crippen molar-refractivity contribution >= 4 is 17.9 Å². The minimum atomic E-state index is -5.72. The first kappa shape index (κ1) is 30.7. The fourth-order valence-corrected chi connectivity index (χ4v) is 5.38. The molecule has 0 saturated carbocycles. The topological polar surface area (TPSA) is 79.4 Å². The van der Waals surface area contributed by atoms with E-state index in [1.54, 1.807) is 0 Å². The number of benzene rings is 1. The van der Waals surface area contributed by atoms with Crippen LogP contribution in [0.2, 0.25) is 0 Å². The summed E-state index contributed by atoms with van der Waals surface area (Å²) in [6.07, 6.45) is -15.0. The minimum absolute atomic E-state index is 0.0681. The van der Waals surface area contributed by atoms with E-state index in [-0.39, 0.29) is 24.7 Å². The SMILES string of the molecule is Cc1ccc(CN2CCC3(CCN(C(=O)OC(C(F)(F)F)C(F)(F)F)CC3)C2)c(N2CCOCC2)c1.O=C=O. The lowest BCUT2D eigenvalue weighted by molar-refractivity contribution is -0.308. The Labute approximate surface area is 221 Å². The highest BCUT2D eigenvalue weighted by Crippen LogP contribution is 2.42. The van der Waals surface area contributed by atoms with Gasteiger partial charge in [0.25, 0.3) is 6.10 Å². The molecule has 14 heteroatoms. The molecule has 3 heterocycles. The van der Waals surface area contributed by atoms with Gasteiger partial charge < -0.3 is 19.3 Å². The number of halogens is 6. The van der Waals surface area contributed by atoms with Gasteiger partial charge in [-0.15, -0.1) is 0 Å². The number of anilines is 1. The third-order valence-corrected chi connectivity index (χ3v) is 7.40. The predicted molar refractivity (Wildman–Crippen MR) is 125 cm³/mol. The van der Waals surface area contributed by atoms with Crippen LogP contribution in [0.4, 0.5) is 36.8 Å². The van der Waals surface area contributed by atoms with Gasteiger partial charge in [-0.1, -0.05) is 12.1 Å².